The van der Waals surface area contributed by atoms with Crippen LogP contribution in [-0.4, -0.2) is 35.4 Å². The third-order valence-corrected chi connectivity index (χ3v) is 8.92. The lowest BCUT2D eigenvalue weighted by atomic mass is 9.97. The Bertz CT molecular complexity index is 1340. The van der Waals surface area contributed by atoms with E-state index in [1.807, 2.05) is 24.3 Å². The Morgan fingerprint density at radius 3 is 2.85 bits per heavy atom. The van der Waals surface area contributed by atoms with Crippen LogP contribution in [0.1, 0.15) is 29.0 Å². The number of nitrogens with zero attached hydrogens (tertiary/aromatic N) is 3. The minimum atomic E-state index is 0.0620. The lowest BCUT2D eigenvalue weighted by molar-refractivity contribution is 0.183. The number of fused-ring (bicyclic) bond motifs is 3. The van der Waals surface area contributed by atoms with Gasteiger partial charge in [-0.2, -0.15) is 0 Å². The van der Waals surface area contributed by atoms with Crippen LogP contribution >= 0.6 is 34.4 Å². The van der Waals surface area contributed by atoms with Crippen molar-refractivity contribution in [2.45, 2.75) is 43.1 Å². The Balaban J connectivity index is 1.45. The van der Waals surface area contributed by atoms with Gasteiger partial charge >= 0.3 is 0 Å². The average Bonchev–Trinajstić information content (AvgIpc) is 3.46. The van der Waals surface area contributed by atoms with E-state index in [2.05, 4.69) is 5.38 Å². The van der Waals surface area contributed by atoms with Gasteiger partial charge in [-0.25, -0.2) is 9.97 Å². The van der Waals surface area contributed by atoms with Crippen LogP contribution in [0.15, 0.2) is 39.6 Å². The summed E-state index contributed by atoms with van der Waals surface area (Å²) in [7, 11) is 3.33. The Morgan fingerprint density at radius 1 is 1.15 bits per heavy atom. The van der Waals surface area contributed by atoms with Gasteiger partial charge in [0.2, 0.25) is 0 Å². The Hall–Kier alpha value is -2.20. The van der Waals surface area contributed by atoms with Gasteiger partial charge < -0.3 is 9.47 Å². The highest BCUT2D eigenvalue weighted by Crippen LogP contribution is 2.36. The van der Waals surface area contributed by atoms with Crippen LogP contribution in [-0.2, 0) is 29.9 Å². The number of aryl methyl sites for hydroxylation is 2. The summed E-state index contributed by atoms with van der Waals surface area (Å²) in [6, 6.07) is 7.91. The molecule has 0 spiro atoms. The summed E-state index contributed by atoms with van der Waals surface area (Å²) in [5.74, 6) is 1.45. The molecule has 1 aromatic carbocycles. The summed E-state index contributed by atoms with van der Waals surface area (Å²) in [6.07, 6.45) is 4.37. The molecule has 0 unspecified atom stereocenters. The number of para-hydroxylation sites is 1. The van der Waals surface area contributed by atoms with E-state index in [1.165, 1.54) is 16.9 Å². The highest BCUT2D eigenvalue weighted by Gasteiger charge is 2.22. The maximum Gasteiger partial charge on any atom is 0.263 e. The Morgan fingerprint density at radius 2 is 2.00 bits per heavy atom. The zero-order valence-electron chi connectivity index (χ0n) is 18.6. The molecule has 0 N–H and O–H groups in total. The molecule has 0 aliphatic heterocycles. The SMILES string of the molecule is COCCn1c(SCc2csc(-c3ccccc3OC)n2)nc2sc3c(c2c1=O)CCCC3. The van der Waals surface area contributed by atoms with Crippen molar-refractivity contribution >= 4 is 44.7 Å². The van der Waals surface area contributed by atoms with Crippen molar-refractivity contribution in [3.8, 4) is 16.3 Å². The minimum absolute atomic E-state index is 0.0620. The quantitative estimate of drug-likeness (QED) is 0.239. The van der Waals surface area contributed by atoms with Crippen LogP contribution in [0.5, 0.6) is 5.75 Å². The molecule has 0 atom stereocenters. The molecule has 6 nitrogen and oxygen atoms in total. The number of aromatic nitrogens is 3. The van der Waals surface area contributed by atoms with Gasteiger partial charge in [-0.15, -0.1) is 22.7 Å². The first-order chi connectivity index (χ1) is 16.2. The maximum absolute atomic E-state index is 13.5. The van der Waals surface area contributed by atoms with Gasteiger partial charge in [0.25, 0.3) is 5.56 Å². The topological polar surface area (TPSA) is 66.2 Å². The smallest absolute Gasteiger partial charge is 0.263 e. The predicted molar refractivity (Wildman–Crippen MR) is 136 cm³/mol. The van der Waals surface area contributed by atoms with E-state index < -0.39 is 0 Å². The van der Waals surface area contributed by atoms with Crippen LogP contribution in [0.25, 0.3) is 20.8 Å². The number of hydrogen-bond donors (Lipinski definition) is 0. The van der Waals surface area contributed by atoms with Crippen molar-refractivity contribution in [2.24, 2.45) is 0 Å². The molecule has 0 amide bonds. The molecule has 4 aromatic rings. The van der Waals surface area contributed by atoms with Gasteiger partial charge in [-0.3, -0.25) is 9.36 Å². The first-order valence-corrected chi connectivity index (χ1v) is 13.6. The minimum Gasteiger partial charge on any atom is -0.496 e. The first kappa shape index (κ1) is 22.6. The van der Waals surface area contributed by atoms with Crippen molar-refractivity contribution in [1.82, 2.24) is 14.5 Å². The van der Waals surface area contributed by atoms with E-state index in [-0.39, 0.29) is 5.56 Å². The summed E-state index contributed by atoms with van der Waals surface area (Å²) in [5.41, 5.74) is 3.24. The number of benzene rings is 1. The second-order valence-electron chi connectivity index (χ2n) is 7.87. The summed E-state index contributed by atoms with van der Waals surface area (Å²) in [6.45, 7) is 0.969. The standard InChI is InChI=1S/C24H25N3O3S3/c1-29-12-11-27-23(28)20-17-8-4-6-10-19(17)33-22(20)26-24(27)32-14-15-13-31-21(25-15)16-7-3-5-9-18(16)30-2/h3,5,7,9,13H,4,6,8,10-12,14H2,1-2H3. The van der Waals surface area contributed by atoms with E-state index in [4.69, 9.17) is 19.4 Å². The van der Waals surface area contributed by atoms with Gasteiger partial charge in [0, 0.05) is 23.1 Å². The Kier molecular flexibility index (Phi) is 6.82. The Labute approximate surface area is 204 Å². The fourth-order valence-corrected chi connectivity index (χ4v) is 7.34. The number of thioether (sulfide) groups is 1. The van der Waals surface area contributed by atoms with Gasteiger partial charge in [0.15, 0.2) is 5.16 Å². The second-order valence-corrected chi connectivity index (χ2v) is 10.8. The van der Waals surface area contributed by atoms with Gasteiger partial charge in [-0.05, 0) is 43.4 Å². The third-order valence-electron chi connectivity index (χ3n) is 5.80. The molecule has 3 aromatic heterocycles. The molecule has 1 aliphatic rings. The fourth-order valence-electron chi connectivity index (χ4n) is 4.17. The van der Waals surface area contributed by atoms with E-state index >= 15 is 0 Å². The highest BCUT2D eigenvalue weighted by atomic mass is 32.2. The molecule has 1 aliphatic carbocycles. The zero-order chi connectivity index (χ0) is 22.8. The number of rotatable bonds is 8. The largest absolute Gasteiger partial charge is 0.496 e. The fraction of sp³-hybridized carbons (Fsp3) is 0.375. The van der Waals surface area contributed by atoms with Crippen molar-refractivity contribution in [2.75, 3.05) is 20.8 Å². The summed E-state index contributed by atoms with van der Waals surface area (Å²) in [4.78, 5) is 25.5. The average molecular weight is 500 g/mol. The lowest BCUT2D eigenvalue weighted by Gasteiger charge is -2.13. The molecule has 9 heteroatoms. The number of methoxy groups -OCH3 is 2. The molecule has 0 saturated carbocycles. The molecule has 0 radical (unpaired) electrons. The molecule has 3 heterocycles. The molecular weight excluding hydrogens is 474 g/mol. The summed E-state index contributed by atoms with van der Waals surface area (Å²) >= 11 is 4.85. The molecule has 0 fully saturated rings. The van der Waals surface area contributed by atoms with Crippen LogP contribution in [0.2, 0.25) is 0 Å². The monoisotopic (exact) mass is 499 g/mol. The molecule has 33 heavy (non-hydrogen) atoms. The van der Waals surface area contributed by atoms with Crippen LogP contribution in [0.3, 0.4) is 0 Å². The van der Waals surface area contributed by atoms with E-state index in [0.29, 0.717) is 18.9 Å². The van der Waals surface area contributed by atoms with E-state index in [1.54, 1.807) is 53.2 Å². The molecule has 0 bridgehead atoms. The first-order valence-electron chi connectivity index (χ1n) is 10.9. The normalized spacial score (nSPS) is 13.4. The predicted octanol–water partition coefficient (Wildman–Crippen LogP) is 5.41. The van der Waals surface area contributed by atoms with Crippen molar-refractivity contribution in [3.05, 3.63) is 56.1 Å². The van der Waals surface area contributed by atoms with Crippen molar-refractivity contribution in [3.63, 3.8) is 0 Å². The van der Waals surface area contributed by atoms with Gasteiger partial charge in [0.05, 0.1) is 36.9 Å². The number of thiazole rings is 1. The zero-order valence-corrected chi connectivity index (χ0v) is 21.1. The number of ether oxygens (including phenoxy) is 2. The third kappa shape index (κ3) is 4.47. The van der Waals surface area contributed by atoms with Crippen LogP contribution < -0.4 is 10.3 Å². The van der Waals surface area contributed by atoms with E-state index in [0.717, 1.165) is 56.7 Å². The van der Waals surface area contributed by atoms with E-state index in [9.17, 15) is 4.79 Å². The maximum atomic E-state index is 13.5. The lowest BCUT2D eigenvalue weighted by Crippen LogP contribution is -2.25. The number of thiophene rings is 1. The highest BCUT2D eigenvalue weighted by molar-refractivity contribution is 7.98. The molecule has 5 rings (SSSR count). The van der Waals surface area contributed by atoms with Gasteiger partial charge in [0.1, 0.15) is 15.6 Å². The van der Waals surface area contributed by atoms with Crippen molar-refractivity contribution in [1.29, 1.82) is 0 Å². The molecule has 0 saturated heterocycles. The van der Waals surface area contributed by atoms with Crippen LogP contribution in [0.4, 0.5) is 0 Å². The van der Waals surface area contributed by atoms with Crippen molar-refractivity contribution < 1.29 is 9.47 Å². The molecular formula is C24H25N3O3S3. The molecule has 172 valence electrons. The number of hydrogen-bond acceptors (Lipinski definition) is 8. The van der Waals surface area contributed by atoms with Gasteiger partial charge in [-0.1, -0.05) is 23.9 Å². The second kappa shape index (κ2) is 9.97. The summed E-state index contributed by atoms with van der Waals surface area (Å²) < 4.78 is 12.5. The summed E-state index contributed by atoms with van der Waals surface area (Å²) in [5, 5.41) is 4.54. The van der Waals surface area contributed by atoms with Crippen LogP contribution in [0, 0.1) is 0 Å².